The summed E-state index contributed by atoms with van der Waals surface area (Å²) < 4.78 is 2.43. The predicted octanol–water partition coefficient (Wildman–Crippen LogP) is 17.6. The largest absolute Gasteiger partial charge is 0.309 e. The first-order chi connectivity index (χ1) is 34.3. The highest BCUT2D eigenvalue weighted by atomic mass is 15.2. The Morgan fingerprint density at radius 3 is 1.39 bits per heavy atom. The lowest BCUT2D eigenvalue weighted by Gasteiger charge is -2.35. The molecule has 0 saturated heterocycles. The van der Waals surface area contributed by atoms with Gasteiger partial charge in [0, 0.05) is 33.3 Å². The molecule has 69 heavy (non-hydrogen) atoms. The van der Waals surface area contributed by atoms with Gasteiger partial charge < -0.3 is 9.47 Å². The summed E-state index contributed by atoms with van der Waals surface area (Å²) in [4.78, 5) is 2.56. The van der Waals surface area contributed by atoms with E-state index in [1.165, 1.54) is 66.3 Å². The third kappa shape index (κ3) is 6.41. The monoisotopic (exact) mass is 878 g/mol. The molecule has 0 N–H and O–H groups in total. The molecule has 0 aliphatic heterocycles. The third-order valence-electron chi connectivity index (χ3n) is 14.3. The molecule has 2 nitrogen and oxygen atoms in total. The maximum Gasteiger partial charge on any atom is 0.0714 e. The second-order valence-corrected chi connectivity index (χ2v) is 17.9. The van der Waals surface area contributed by atoms with E-state index < -0.39 is 5.41 Å². The van der Waals surface area contributed by atoms with Crippen LogP contribution in [0.15, 0.2) is 279 Å². The minimum absolute atomic E-state index is 0.574. The van der Waals surface area contributed by atoms with E-state index in [9.17, 15) is 0 Å². The number of rotatable bonds is 9. The molecule has 1 aromatic heterocycles. The van der Waals surface area contributed by atoms with Crippen molar-refractivity contribution >= 4 is 38.9 Å². The van der Waals surface area contributed by atoms with Crippen molar-refractivity contribution in [3.63, 3.8) is 0 Å². The Labute approximate surface area is 403 Å². The molecule has 0 spiro atoms. The fourth-order valence-electron chi connectivity index (χ4n) is 11.5. The first-order valence-electron chi connectivity index (χ1n) is 23.9. The summed E-state index contributed by atoms with van der Waals surface area (Å²) in [6.45, 7) is 0. The molecule has 1 aliphatic rings. The summed E-state index contributed by atoms with van der Waals surface area (Å²) in [5.41, 5.74) is 20.6. The van der Waals surface area contributed by atoms with Gasteiger partial charge in [-0.05, 0) is 98.1 Å². The molecule has 13 rings (SSSR count). The van der Waals surface area contributed by atoms with Gasteiger partial charge in [0.2, 0.25) is 0 Å². The molecule has 0 amide bonds. The van der Waals surface area contributed by atoms with Crippen molar-refractivity contribution < 1.29 is 0 Å². The van der Waals surface area contributed by atoms with Gasteiger partial charge in [-0.1, -0.05) is 237 Å². The Bertz CT molecular complexity index is 3740. The van der Waals surface area contributed by atoms with Crippen molar-refractivity contribution in [1.29, 1.82) is 0 Å². The number of fused-ring (bicyclic) bond motifs is 6. The van der Waals surface area contributed by atoms with E-state index in [-0.39, 0.29) is 0 Å². The van der Waals surface area contributed by atoms with Gasteiger partial charge in [-0.25, -0.2) is 0 Å². The summed E-state index contributed by atoms with van der Waals surface area (Å²) in [6, 6.07) is 103. The summed E-state index contributed by atoms with van der Waals surface area (Å²) in [6.07, 6.45) is 0. The second-order valence-electron chi connectivity index (χ2n) is 17.9. The van der Waals surface area contributed by atoms with Gasteiger partial charge in [-0.15, -0.1) is 0 Å². The van der Waals surface area contributed by atoms with Gasteiger partial charge in [0.25, 0.3) is 0 Å². The van der Waals surface area contributed by atoms with Gasteiger partial charge in [-0.3, -0.25) is 0 Å². The molecular formula is C67H46N2. The molecule has 0 atom stereocenters. The molecule has 12 aromatic rings. The van der Waals surface area contributed by atoms with E-state index in [1.807, 2.05) is 0 Å². The maximum atomic E-state index is 2.56. The van der Waals surface area contributed by atoms with E-state index >= 15 is 0 Å². The van der Waals surface area contributed by atoms with Gasteiger partial charge >= 0.3 is 0 Å². The van der Waals surface area contributed by atoms with Crippen LogP contribution < -0.4 is 4.90 Å². The highest BCUT2D eigenvalue weighted by Crippen LogP contribution is 2.60. The molecule has 0 saturated carbocycles. The summed E-state index contributed by atoms with van der Waals surface area (Å²) in [5.74, 6) is 0. The van der Waals surface area contributed by atoms with Crippen molar-refractivity contribution in [2.75, 3.05) is 4.90 Å². The number of aromatic nitrogens is 1. The topological polar surface area (TPSA) is 8.17 Å². The Morgan fingerprint density at radius 2 is 0.754 bits per heavy atom. The van der Waals surface area contributed by atoms with Gasteiger partial charge in [0.15, 0.2) is 0 Å². The minimum atomic E-state index is -0.574. The summed E-state index contributed by atoms with van der Waals surface area (Å²) >= 11 is 0. The number of nitrogens with zero attached hydrogens (tertiary/aromatic N) is 2. The van der Waals surface area contributed by atoms with Crippen molar-refractivity contribution in [2.24, 2.45) is 0 Å². The highest BCUT2D eigenvalue weighted by Gasteiger charge is 2.47. The molecule has 1 heterocycles. The van der Waals surface area contributed by atoms with Crippen molar-refractivity contribution in [3.05, 3.63) is 301 Å². The number of hydrogen-bond acceptors (Lipinski definition) is 1. The Hall–Kier alpha value is -8.98. The lowest BCUT2D eigenvalue weighted by molar-refractivity contribution is 0.768. The van der Waals surface area contributed by atoms with Crippen LogP contribution in [0.4, 0.5) is 17.1 Å². The molecule has 11 aromatic carbocycles. The van der Waals surface area contributed by atoms with Crippen LogP contribution in [0.25, 0.3) is 72.0 Å². The zero-order chi connectivity index (χ0) is 45.7. The van der Waals surface area contributed by atoms with Crippen molar-refractivity contribution in [3.8, 4) is 50.2 Å². The zero-order valence-electron chi connectivity index (χ0n) is 38.0. The normalized spacial score (nSPS) is 12.5. The van der Waals surface area contributed by atoms with Gasteiger partial charge in [0.05, 0.1) is 27.8 Å². The first kappa shape index (κ1) is 40.3. The van der Waals surface area contributed by atoms with E-state index in [1.54, 1.807) is 0 Å². The maximum absolute atomic E-state index is 2.56. The number of hydrogen-bond donors (Lipinski definition) is 0. The molecule has 0 radical (unpaired) electrons. The Morgan fingerprint density at radius 1 is 0.304 bits per heavy atom. The summed E-state index contributed by atoms with van der Waals surface area (Å²) in [7, 11) is 0. The molecule has 1 aliphatic carbocycles. The zero-order valence-corrected chi connectivity index (χ0v) is 38.0. The fourth-order valence-corrected chi connectivity index (χ4v) is 11.5. The Balaban J connectivity index is 1.16. The lowest BCUT2D eigenvalue weighted by Crippen LogP contribution is -2.28. The van der Waals surface area contributed by atoms with Crippen LogP contribution in [0.5, 0.6) is 0 Å². The fraction of sp³-hybridized carbons (Fsp3) is 0.0149. The van der Waals surface area contributed by atoms with Gasteiger partial charge in [0.1, 0.15) is 0 Å². The second kappa shape index (κ2) is 16.7. The van der Waals surface area contributed by atoms with E-state index in [2.05, 4.69) is 289 Å². The van der Waals surface area contributed by atoms with Crippen LogP contribution in [-0.2, 0) is 5.41 Å². The molecule has 0 fully saturated rings. The predicted molar refractivity (Wildman–Crippen MR) is 289 cm³/mol. The average Bonchev–Trinajstić information content (AvgIpc) is 3.93. The lowest BCUT2D eigenvalue weighted by atomic mass is 9.68. The van der Waals surface area contributed by atoms with Gasteiger partial charge in [-0.2, -0.15) is 0 Å². The molecular weight excluding hydrogens is 833 g/mol. The smallest absolute Gasteiger partial charge is 0.0714 e. The molecule has 0 bridgehead atoms. The van der Waals surface area contributed by atoms with Crippen LogP contribution in [0.3, 0.4) is 0 Å². The van der Waals surface area contributed by atoms with E-state index in [0.717, 1.165) is 45.0 Å². The van der Waals surface area contributed by atoms with Crippen LogP contribution in [0.1, 0.15) is 22.3 Å². The van der Waals surface area contributed by atoms with Crippen LogP contribution in [0, 0.1) is 0 Å². The Kier molecular flexibility index (Phi) is 9.77. The standard InChI is InChI=1S/C67H46N2/c1-5-24-47(25-6-1)53-34-13-14-37-57(53)65-54(48-26-7-2-8-27-48)39-22-44-63(65)69(52-33-21-32-51(46-52)68-61-42-19-16-35-55(61)56-36-17-20-43-62(56)68)64-45-23-41-60-66(64)58-38-15-18-40-59(58)67(60,49-28-9-3-10-29-49)50-30-11-4-12-31-50/h1-46H. The SMILES string of the molecule is c1ccc(-c2ccccc2-c2c(-c3ccccc3)cccc2N(c2cccc(-n3c4ccccc4c4ccccc43)c2)c2cccc3c2-c2ccccc2C3(c2ccccc2)c2ccccc2)cc1. The van der Waals surface area contributed by atoms with E-state index in [0.29, 0.717) is 0 Å². The molecule has 324 valence electrons. The third-order valence-corrected chi connectivity index (χ3v) is 14.3. The quantitative estimate of drug-likeness (QED) is 0.140. The van der Waals surface area contributed by atoms with Crippen molar-refractivity contribution in [2.45, 2.75) is 5.41 Å². The average molecular weight is 879 g/mol. The number of benzene rings is 11. The van der Waals surface area contributed by atoms with Crippen LogP contribution in [-0.4, -0.2) is 4.57 Å². The van der Waals surface area contributed by atoms with Crippen LogP contribution >= 0.6 is 0 Å². The van der Waals surface area contributed by atoms with Crippen molar-refractivity contribution in [1.82, 2.24) is 4.57 Å². The van der Waals surface area contributed by atoms with E-state index in [4.69, 9.17) is 0 Å². The highest BCUT2D eigenvalue weighted by molar-refractivity contribution is 6.10. The molecule has 0 unspecified atom stereocenters. The number of para-hydroxylation sites is 2. The molecule has 2 heteroatoms. The first-order valence-corrected chi connectivity index (χ1v) is 23.9. The summed E-state index contributed by atoms with van der Waals surface area (Å²) in [5, 5.41) is 2.47. The minimum Gasteiger partial charge on any atom is -0.309 e. The number of anilines is 3. The van der Waals surface area contributed by atoms with Crippen LogP contribution in [0.2, 0.25) is 0 Å².